The highest BCUT2D eigenvalue weighted by molar-refractivity contribution is 8.00. The Morgan fingerprint density at radius 1 is 1.36 bits per heavy atom. The van der Waals surface area contributed by atoms with Crippen LogP contribution in [0.25, 0.3) is 11.4 Å². The molecule has 2 aromatic rings. The summed E-state index contributed by atoms with van der Waals surface area (Å²) in [7, 11) is -3.01. The molecule has 2 atom stereocenters. The summed E-state index contributed by atoms with van der Waals surface area (Å²) < 4.78 is 22.9. The summed E-state index contributed by atoms with van der Waals surface area (Å²) in [5, 5.41) is 9.89. The number of carbonyl (C=O) groups is 1. The molecule has 2 N–H and O–H groups in total. The van der Waals surface area contributed by atoms with E-state index >= 15 is 0 Å². The summed E-state index contributed by atoms with van der Waals surface area (Å²) in [6, 6.07) is 7.62. The summed E-state index contributed by atoms with van der Waals surface area (Å²) in [5.74, 6) is 0.611. The number of aromatic amines is 1. The molecule has 2 heterocycles. The first kappa shape index (κ1) is 17.9. The molecule has 0 unspecified atom stereocenters. The van der Waals surface area contributed by atoms with Crippen molar-refractivity contribution in [2.45, 2.75) is 36.7 Å². The molecule has 0 saturated carbocycles. The number of H-pyrrole nitrogens is 1. The van der Waals surface area contributed by atoms with Gasteiger partial charge in [-0.25, -0.2) is 13.4 Å². The van der Waals surface area contributed by atoms with Gasteiger partial charge in [-0.15, -0.1) is 5.10 Å². The first-order valence-electron chi connectivity index (χ1n) is 7.99. The zero-order chi connectivity index (χ0) is 18.0. The van der Waals surface area contributed by atoms with Gasteiger partial charge in [0.2, 0.25) is 11.1 Å². The van der Waals surface area contributed by atoms with Crippen LogP contribution in [0.15, 0.2) is 29.4 Å². The number of carbonyl (C=O) groups excluding carboxylic acids is 1. The second-order valence-corrected chi connectivity index (χ2v) is 9.74. The van der Waals surface area contributed by atoms with Gasteiger partial charge in [0.05, 0.1) is 16.8 Å². The van der Waals surface area contributed by atoms with Crippen molar-refractivity contribution in [3.8, 4) is 11.4 Å². The SMILES string of the molecule is Cc1ccc(-c2nc(S[C@H](C)C(=O)N[C@@H]3CCS(=O)(=O)C3)n[nH]2)cc1. The molecule has 0 radical (unpaired) electrons. The standard InChI is InChI=1S/C16H20N4O3S2/c1-10-3-5-12(6-4-10)14-18-16(20-19-14)24-11(2)15(21)17-13-7-8-25(22,23)9-13/h3-6,11,13H,7-9H2,1-2H3,(H,17,21)(H,18,19,20)/t11-,13-/m1/s1. The number of benzene rings is 1. The van der Waals surface area contributed by atoms with Gasteiger partial charge in [0.25, 0.3) is 0 Å². The van der Waals surface area contributed by atoms with Crippen molar-refractivity contribution in [2.75, 3.05) is 11.5 Å². The van der Waals surface area contributed by atoms with Gasteiger partial charge in [0.1, 0.15) is 0 Å². The van der Waals surface area contributed by atoms with Crippen LogP contribution in [0.5, 0.6) is 0 Å². The molecule has 0 aliphatic carbocycles. The van der Waals surface area contributed by atoms with Crippen LogP contribution < -0.4 is 5.32 Å². The topological polar surface area (TPSA) is 105 Å². The predicted octanol–water partition coefficient (Wildman–Crippen LogP) is 1.56. The van der Waals surface area contributed by atoms with Gasteiger partial charge < -0.3 is 5.32 Å². The van der Waals surface area contributed by atoms with Crippen LogP contribution in [-0.4, -0.2) is 52.3 Å². The van der Waals surface area contributed by atoms with Crippen LogP contribution in [0, 0.1) is 6.92 Å². The Hall–Kier alpha value is -1.87. The highest BCUT2D eigenvalue weighted by atomic mass is 32.2. The van der Waals surface area contributed by atoms with Gasteiger partial charge in [-0.3, -0.25) is 9.89 Å². The van der Waals surface area contributed by atoms with E-state index < -0.39 is 15.1 Å². The summed E-state index contributed by atoms with van der Waals surface area (Å²) in [4.78, 5) is 16.6. The van der Waals surface area contributed by atoms with Crippen LogP contribution in [0.2, 0.25) is 0 Å². The molecule has 0 bridgehead atoms. The van der Waals surface area contributed by atoms with Crippen LogP contribution in [0.4, 0.5) is 0 Å². The number of aryl methyl sites for hydroxylation is 1. The Morgan fingerprint density at radius 2 is 2.08 bits per heavy atom. The molecule has 7 nitrogen and oxygen atoms in total. The number of rotatable bonds is 5. The minimum Gasteiger partial charge on any atom is -0.351 e. The molecule has 0 spiro atoms. The zero-order valence-electron chi connectivity index (χ0n) is 14.0. The van der Waals surface area contributed by atoms with E-state index in [0.29, 0.717) is 17.4 Å². The normalized spacial score (nSPS) is 20.3. The lowest BCUT2D eigenvalue weighted by Crippen LogP contribution is -2.39. The first-order valence-corrected chi connectivity index (χ1v) is 10.7. The molecule has 9 heteroatoms. The van der Waals surface area contributed by atoms with Crippen molar-refractivity contribution in [1.29, 1.82) is 0 Å². The van der Waals surface area contributed by atoms with Crippen molar-refractivity contribution < 1.29 is 13.2 Å². The van der Waals surface area contributed by atoms with Crippen molar-refractivity contribution in [3.05, 3.63) is 29.8 Å². The van der Waals surface area contributed by atoms with Crippen LogP contribution in [0.3, 0.4) is 0 Å². The molecule has 1 amide bonds. The third-order valence-corrected chi connectivity index (χ3v) is 6.75. The van der Waals surface area contributed by atoms with Gasteiger partial charge in [-0.1, -0.05) is 41.6 Å². The quantitative estimate of drug-likeness (QED) is 0.763. The van der Waals surface area contributed by atoms with Crippen molar-refractivity contribution in [1.82, 2.24) is 20.5 Å². The number of aromatic nitrogens is 3. The summed E-state index contributed by atoms with van der Waals surface area (Å²) in [5.41, 5.74) is 2.09. The number of thioether (sulfide) groups is 1. The van der Waals surface area contributed by atoms with Crippen molar-refractivity contribution in [3.63, 3.8) is 0 Å². The van der Waals surface area contributed by atoms with E-state index in [4.69, 9.17) is 0 Å². The Labute approximate surface area is 150 Å². The minimum atomic E-state index is -3.01. The monoisotopic (exact) mass is 380 g/mol. The highest BCUT2D eigenvalue weighted by Crippen LogP contribution is 2.23. The highest BCUT2D eigenvalue weighted by Gasteiger charge is 2.30. The Balaban J connectivity index is 1.58. The van der Waals surface area contributed by atoms with Crippen molar-refractivity contribution in [2.24, 2.45) is 0 Å². The van der Waals surface area contributed by atoms with Crippen LogP contribution in [0.1, 0.15) is 18.9 Å². The molecule has 25 heavy (non-hydrogen) atoms. The largest absolute Gasteiger partial charge is 0.351 e. The number of amides is 1. The smallest absolute Gasteiger partial charge is 0.233 e. The van der Waals surface area contributed by atoms with E-state index in [-0.39, 0.29) is 23.5 Å². The molecule has 1 saturated heterocycles. The maximum atomic E-state index is 12.2. The minimum absolute atomic E-state index is 0.0222. The molecule has 134 valence electrons. The van der Waals surface area contributed by atoms with E-state index in [1.807, 2.05) is 31.2 Å². The van der Waals surface area contributed by atoms with E-state index in [1.165, 1.54) is 11.8 Å². The third kappa shape index (κ3) is 4.60. The summed E-state index contributed by atoms with van der Waals surface area (Å²) in [6.45, 7) is 3.77. The van der Waals surface area contributed by atoms with Gasteiger partial charge in [0, 0.05) is 11.6 Å². The van der Waals surface area contributed by atoms with E-state index in [2.05, 4.69) is 20.5 Å². The van der Waals surface area contributed by atoms with Crippen LogP contribution in [-0.2, 0) is 14.6 Å². The van der Waals surface area contributed by atoms with Gasteiger partial charge in [-0.2, -0.15) is 0 Å². The number of hydrogen-bond donors (Lipinski definition) is 2. The number of sulfone groups is 1. The van der Waals surface area contributed by atoms with Gasteiger partial charge in [0.15, 0.2) is 15.7 Å². The lowest BCUT2D eigenvalue weighted by molar-refractivity contribution is -0.120. The fraction of sp³-hybridized carbons (Fsp3) is 0.438. The zero-order valence-corrected chi connectivity index (χ0v) is 15.7. The third-order valence-electron chi connectivity index (χ3n) is 4.02. The average molecular weight is 380 g/mol. The lowest BCUT2D eigenvalue weighted by Gasteiger charge is -2.14. The summed E-state index contributed by atoms with van der Waals surface area (Å²) >= 11 is 1.24. The fourth-order valence-corrected chi connectivity index (χ4v) is 4.99. The second-order valence-electron chi connectivity index (χ2n) is 6.20. The van der Waals surface area contributed by atoms with E-state index in [1.54, 1.807) is 6.92 Å². The average Bonchev–Trinajstić information content (AvgIpc) is 3.14. The van der Waals surface area contributed by atoms with Gasteiger partial charge in [-0.05, 0) is 20.3 Å². The Morgan fingerprint density at radius 3 is 2.72 bits per heavy atom. The van der Waals surface area contributed by atoms with Crippen LogP contribution >= 0.6 is 11.8 Å². The molecule has 1 aliphatic heterocycles. The molecule has 1 aromatic carbocycles. The lowest BCUT2D eigenvalue weighted by atomic mass is 10.1. The maximum absolute atomic E-state index is 12.2. The molecular formula is C16H20N4O3S2. The molecule has 1 aromatic heterocycles. The fourth-order valence-electron chi connectivity index (χ4n) is 2.58. The van der Waals surface area contributed by atoms with E-state index in [9.17, 15) is 13.2 Å². The van der Waals surface area contributed by atoms with E-state index in [0.717, 1.165) is 11.1 Å². The van der Waals surface area contributed by atoms with Gasteiger partial charge >= 0.3 is 0 Å². The number of nitrogens with one attached hydrogen (secondary N) is 2. The number of nitrogens with zero attached hydrogens (tertiary/aromatic N) is 2. The molecule has 1 aliphatic rings. The molecule has 1 fully saturated rings. The maximum Gasteiger partial charge on any atom is 0.233 e. The number of hydrogen-bond acceptors (Lipinski definition) is 6. The first-order chi connectivity index (χ1) is 11.8. The van der Waals surface area contributed by atoms with Crippen molar-refractivity contribution >= 4 is 27.5 Å². The second kappa shape index (κ2) is 7.17. The molecule has 3 rings (SSSR count). The summed E-state index contributed by atoms with van der Waals surface area (Å²) in [6.07, 6.45) is 0.476. The molecular weight excluding hydrogens is 360 g/mol. The Bertz CT molecular complexity index is 862. The Kier molecular flexibility index (Phi) is 5.14. The predicted molar refractivity (Wildman–Crippen MR) is 97.1 cm³/mol.